The van der Waals surface area contributed by atoms with E-state index in [0.29, 0.717) is 18.9 Å². The molecule has 2 aromatic carbocycles. The van der Waals surface area contributed by atoms with E-state index in [1.165, 1.54) is 0 Å². The summed E-state index contributed by atoms with van der Waals surface area (Å²) >= 11 is 6.79. The van der Waals surface area contributed by atoms with Crippen LogP contribution in [0.1, 0.15) is 18.9 Å². The van der Waals surface area contributed by atoms with Gasteiger partial charge in [-0.2, -0.15) is 0 Å². The third-order valence-electron chi connectivity index (χ3n) is 3.71. The van der Waals surface area contributed by atoms with Crippen molar-refractivity contribution in [2.45, 2.75) is 19.9 Å². The summed E-state index contributed by atoms with van der Waals surface area (Å²) < 4.78 is 12.3. The van der Waals surface area contributed by atoms with Gasteiger partial charge in [0.25, 0.3) is 5.91 Å². The monoisotopic (exact) mass is 497 g/mol. The van der Waals surface area contributed by atoms with Crippen LogP contribution in [0.25, 0.3) is 0 Å². The van der Waals surface area contributed by atoms with E-state index < -0.39 is 0 Å². The van der Waals surface area contributed by atoms with Crippen molar-refractivity contribution in [1.82, 2.24) is 4.90 Å². The highest BCUT2D eigenvalue weighted by Gasteiger charge is 2.17. The second kappa shape index (κ2) is 11.1. The molecule has 0 unspecified atom stereocenters. The maximum atomic E-state index is 12.7. The van der Waals surface area contributed by atoms with Gasteiger partial charge in [-0.3, -0.25) is 9.59 Å². The average Bonchev–Trinajstić information content (AvgIpc) is 2.65. The van der Waals surface area contributed by atoms with Gasteiger partial charge in [-0.25, -0.2) is 0 Å². The molecule has 27 heavy (non-hydrogen) atoms. The zero-order valence-electron chi connectivity index (χ0n) is 15.0. The summed E-state index contributed by atoms with van der Waals surface area (Å²) in [5.41, 5.74) is 0.986. The van der Waals surface area contributed by atoms with Gasteiger partial charge in [0, 0.05) is 17.6 Å². The lowest BCUT2D eigenvalue weighted by Crippen LogP contribution is -2.36. The Kier molecular flexibility index (Phi) is 8.81. The van der Waals surface area contributed by atoms with Gasteiger partial charge >= 0.3 is 5.97 Å². The molecule has 0 aromatic heterocycles. The highest BCUT2D eigenvalue weighted by molar-refractivity contribution is 9.11. The third kappa shape index (κ3) is 7.34. The first-order valence-corrected chi connectivity index (χ1v) is 10.1. The molecule has 144 valence electrons. The first-order valence-electron chi connectivity index (χ1n) is 8.54. The van der Waals surface area contributed by atoms with Crippen LogP contribution < -0.4 is 4.74 Å². The fraction of sp³-hybridized carbons (Fsp3) is 0.300. The summed E-state index contributed by atoms with van der Waals surface area (Å²) in [4.78, 5) is 26.0. The molecule has 7 heteroatoms. The van der Waals surface area contributed by atoms with Crippen LogP contribution >= 0.6 is 31.9 Å². The average molecular weight is 499 g/mol. The van der Waals surface area contributed by atoms with E-state index in [9.17, 15) is 9.59 Å². The van der Waals surface area contributed by atoms with E-state index >= 15 is 0 Å². The number of amides is 1. The van der Waals surface area contributed by atoms with Crippen molar-refractivity contribution in [3.05, 3.63) is 63.0 Å². The van der Waals surface area contributed by atoms with E-state index in [2.05, 4.69) is 31.9 Å². The number of hydrogen-bond acceptors (Lipinski definition) is 4. The van der Waals surface area contributed by atoms with Gasteiger partial charge in [0.2, 0.25) is 0 Å². The van der Waals surface area contributed by atoms with Crippen LogP contribution in [-0.4, -0.2) is 36.5 Å². The van der Waals surface area contributed by atoms with Crippen molar-refractivity contribution < 1.29 is 19.1 Å². The Morgan fingerprint density at radius 1 is 1.07 bits per heavy atom. The lowest BCUT2D eigenvalue weighted by molar-refractivity contribution is -0.144. The largest absolute Gasteiger partial charge is 0.483 e. The van der Waals surface area contributed by atoms with E-state index in [1.807, 2.05) is 42.5 Å². The predicted octanol–water partition coefficient (Wildman–Crippen LogP) is 4.57. The van der Waals surface area contributed by atoms with E-state index in [4.69, 9.17) is 9.47 Å². The fourth-order valence-corrected chi connectivity index (χ4v) is 3.54. The van der Waals surface area contributed by atoms with E-state index in [0.717, 1.165) is 14.5 Å². The van der Waals surface area contributed by atoms with Crippen LogP contribution in [0.4, 0.5) is 0 Å². The van der Waals surface area contributed by atoms with Gasteiger partial charge in [0.15, 0.2) is 6.61 Å². The summed E-state index contributed by atoms with van der Waals surface area (Å²) in [5, 5.41) is 0. The number of carbonyl (C=O) groups excluding carboxylic acids is 2. The van der Waals surface area contributed by atoms with Crippen LogP contribution in [0.15, 0.2) is 57.5 Å². The maximum Gasteiger partial charge on any atom is 0.307 e. The Balaban J connectivity index is 2.01. The van der Waals surface area contributed by atoms with Crippen molar-refractivity contribution in [3.63, 3.8) is 0 Å². The van der Waals surface area contributed by atoms with Crippen LogP contribution in [0, 0.1) is 0 Å². The van der Waals surface area contributed by atoms with Crippen molar-refractivity contribution >= 4 is 43.7 Å². The minimum absolute atomic E-state index is 0.115. The number of rotatable bonds is 9. The molecule has 1 amide bonds. The fourth-order valence-electron chi connectivity index (χ4n) is 2.38. The summed E-state index contributed by atoms with van der Waals surface area (Å²) in [7, 11) is 0. The van der Waals surface area contributed by atoms with Crippen LogP contribution in [0.2, 0.25) is 0 Å². The molecule has 0 spiro atoms. The molecule has 0 aliphatic rings. The summed E-state index contributed by atoms with van der Waals surface area (Å²) in [6.45, 7) is 2.65. The number of benzene rings is 2. The van der Waals surface area contributed by atoms with Gasteiger partial charge in [-0.1, -0.05) is 46.3 Å². The molecule has 0 saturated carbocycles. The molecule has 2 aromatic rings. The minimum Gasteiger partial charge on any atom is -0.483 e. The first-order chi connectivity index (χ1) is 13.0. The topological polar surface area (TPSA) is 55.8 Å². The molecular formula is C20H21Br2NO4. The summed E-state index contributed by atoms with van der Waals surface area (Å²) in [6.07, 6.45) is 0.147. The van der Waals surface area contributed by atoms with E-state index in [1.54, 1.807) is 17.9 Å². The van der Waals surface area contributed by atoms with E-state index in [-0.39, 0.29) is 31.4 Å². The maximum absolute atomic E-state index is 12.7. The van der Waals surface area contributed by atoms with Crippen LogP contribution in [-0.2, 0) is 20.9 Å². The van der Waals surface area contributed by atoms with Crippen molar-refractivity contribution in [2.24, 2.45) is 0 Å². The van der Waals surface area contributed by atoms with Crippen molar-refractivity contribution in [3.8, 4) is 5.75 Å². The van der Waals surface area contributed by atoms with Crippen LogP contribution in [0.3, 0.4) is 0 Å². The molecule has 2 rings (SSSR count). The standard InChI is InChI=1S/C20H21Br2NO4/c1-2-26-20(25)10-11-23(13-15-6-4-3-5-7-15)19(24)14-27-18-9-8-16(21)12-17(18)22/h3-9,12H,2,10-11,13-14H2,1H3. The highest BCUT2D eigenvalue weighted by atomic mass is 79.9. The Labute approximate surface area is 175 Å². The van der Waals surface area contributed by atoms with Crippen LogP contribution in [0.5, 0.6) is 5.75 Å². The van der Waals surface area contributed by atoms with Gasteiger partial charge < -0.3 is 14.4 Å². The number of nitrogens with zero attached hydrogens (tertiary/aromatic N) is 1. The molecule has 0 atom stereocenters. The van der Waals surface area contributed by atoms with Gasteiger partial charge in [0.05, 0.1) is 17.5 Å². The van der Waals surface area contributed by atoms with Gasteiger partial charge in [-0.15, -0.1) is 0 Å². The first kappa shape index (κ1) is 21.4. The zero-order chi connectivity index (χ0) is 19.6. The van der Waals surface area contributed by atoms with Gasteiger partial charge in [0.1, 0.15) is 5.75 Å². The molecule has 0 heterocycles. The Bertz CT molecular complexity index is 768. The molecule has 0 radical (unpaired) electrons. The number of hydrogen-bond donors (Lipinski definition) is 0. The Hall–Kier alpha value is -1.86. The Morgan fingerprint density at radius 2 is 1.81 bits per heavy atom. The predicted molar refractivity (Wildman–Crippen MR) is 110 cm³/mol. The smallest absolute Gasteiger partial charge is 0.307 e. The Morgan fingerprint density at radius 3 is 2.48 bits per heavy atom. The lowest BCUT2D eigenvalue weighted by atomic mass is 10.2. The SMILES string of the molecule is CCOC(=O)CCN(Cc1ccccc1)C(=O)COc1ccc(Br)cc1Br. The minimum atomic E-state index is -0.320. The number of esters is 1. The highest BCUT2D eigenvalue weighted by Crippen LogP contribution is 2.28. The molecule has 0 bridgehead atoms. The molecule has 0 N–H and O–H groups in total. The van der Waals surface area contributed by atoms with Crippen molar-refractivity contribution in [1.29, 1.82) is 0 Å². The molecular weight excluding hydrogens is 478 g/mol. The number of carbonyl (C=O) groups is 2. The zero-order valence-corrected chi connectivity index (χ0v) is 18.2. The molecule has 0 fully saturated rings. The molecule has 0 aliphatic heterocycles. The second-order valence-electron chi connectivity index (χ2n) is 5.72. The number of halogens is 2. The molecule has 0 aliphatic carbocycles. The summed E-state index contributed by atoms with van der Waals surface area (Å²) in [6, 6.07) is 15.1. The second-order valence-corrected chi connectivity index (χ2v) is 7.49. The quantitative estimate of drug-likeness (QED) is 0.475. The van der Waals surface area contributed by atoms with Gasteiger partial charge in [-0.05, 0) is 46.6 Å². The molecule has 0 saturated heterocycles. The molecule has 5 nitrogen and oxygen atoms in total. The number of ether oxygens (including phenoxy) is 2. The van der Waals surface area contributed by atoms with Crippen molar-refractivity contribution in [2.75, 3.05) is 19.8 Å². The summed E-state index contributed by atoms with van der Waals surface area (Å²) in [5.74, 6) is 0.0644. The lowest BCUT2D eigenvalue weighted by Gasteiger charge is -2.23. The normalized spacial score (nSPS) is 10.3. The third-order valence-corrected chi connectivity index (χ3v) is 4.82.